The Bertz CT molecular complexity index is 1160. The van der Waals surface area contributed by atoms with Gasteiger partial charge in [-0.3, -0.25) is 9.69 Å². The zero-order valence-corrected chi connectivity index (χ0v) is 21.1. The monoisotopic (exact) mass is 487 g/mol. The molecule has 0 saturated heterocycles. The molecule has 3 aromatic rings. The van der Waals surface area contributed by atoms with E-state index in [9.17, 15) is 14.7 Å². The highest BCUT2D eigenvalue weighted by molar-refractivity contribution is 7.20. The largest absolute Gasteiger partial charge is 0.459 e. The van der Waals surface area contributed by atoms with Gasteiger partial charge in [-0.15, -0.1) is 11.3 Å². The number of hydrogen-bond acceptors (Lipinski definition) is 8. The Kier molecular flexibility index (Phi) is 8.96. The second-order valence-electron chi connectivity index (χ2n) is 8.89. The number of thiophene rings is 1. The van der Waals surface area contributed by atoms with Crippen molar-refractivity contribution in [2.75, 3.05) is 13.2 Å². The Balaban J connectivity index is 1.86. The summed E-state index contributed by atoms with van der Waals surface area (Å²) < 4.78 is 10.9. The molecule has 8 nitrogen and oxygen atoms in total. The van der Waals surface area contributed by atoms with Crippen molar-refractivity contribution in [2.24, 2.45) is 0 Å². The number of aryl methyl sites for hydroxylation is 1. The first-order chi connectivity index (χ1) is 16.1. The summed E-state index contributed by atoms with van der Waals surface area (Å²) in [4.78, 5) is 35.7. The van der Waals surface area contributed by atoms with Gasteiger partial charge in [0, 0.05) is 13.1 Å². The zero-order chi connectivity index (χ0) is 24.8. The van der Waals surface area contributed by atoms with Crippen LogP contribution in [0.25, 0.3) is 10.2 Å². The summed E-state index contributed by atoms with van der Waals surface area (Å²) in [5, 5.41) is 10.9. The molecular formula is C25H33N3O5S. The molecule has 1 atom stereocenters. The number of carbonyl (C=O) groups excluding carboxylic acids is 1. The highest BCUT2D eigenvalue weighted by Crippen LogP contribution is 2.28. The Morgan fingerprint density at radius 1 is 1.15 bits per heavy atom. The SMILES string of the molecule is Cc1c(C(=O)OC(C)C)sc2nc(CN(Cc3ccccc3)C[C@H](O)COC(C)C)[nH]c(=O)c12. The van der Waals surface area contributed by atoms with Gasteiger partial charge in [-0.25, -0.2) is 9.78 Å². The third-order valence-electron chi connectivity index (χ3n) is 5.09. The summed E-state index contributed by atoms with van der Waals surface area (Å²) in [5.41, 5.74) is 1.36. The number of carbonyl (C=O) groups is 1. The highest BCUT2D eigenvalue weighted by atomic mass is 32.1. The number of aliphatic hydroxyl groups is 1. The maximum atomic E-state index is 12.9. The van der Waals surface area contributed by atoms with Gasteiger partial charge >= 0.3 is 5.97 Å². The van der Waals surface area contributed by atoms with E-state index in [0.717, 1.165) is 5.56 Å². The van der Waals surface area contributed by atoms with Crippen LogP contribution in [0.1, 0.15) is 54.3 Å². The average molecular weight is 488 g/mol. The predicted octanol–water partition coefficient (Wildman–Crippen LogP) is 3.65. The van der Waals surface area contributed by atoms with Crippen molar-refractivity contribution in [1.82, 2.24) is 14.9 Å². The Labute approximate surface area is 203 Å². The number of fused-ring (bicyclic) bond motifs is 1. The molecule has 0 fully saturated rings. The van der Waals surface area contributed by atoms with Crippen LogP contribution in [0.15, 0.2) is 35.1 Å². The normalized spacial score (nSPS) is 12.7. The minimum Gasteiger partial charge on any atom is -0.459 e. The molecule has 0 spiro atoms. The minimum absolute atomic E-state index is 0.0244. The van der Waals surface area contributed by atoms with Crippen molar-refractivity contribution in [3.63, 3.8) is 0 Å². The van der Waals surface area contributed by atoms with Crippen molar-refractivity contribution in [3.8, 4) is 0 Å². The van der Waals surface area contributed by atoms with Crippen molar-refractivity contribution in [1.29, 1.82) is 0 Å². The minimum atomic E-state index is -0.692. The molecule has 0 aliphatic heterocycles. The molecule has 34 heavy (non-hydrogen) atoms. The lowest BCUT2D eigenvalue weighted by Crippen LogP contribution is -2.35. The van der Waals surface area contributed by atoms with E-state index in [1.807, 2.05) is 49.1 Å². The van der Waals surface area contributed by atoms with Crippen LogP contribution in [0.4, 0.5) is 0 Å². The lowest BCUT2D eigenvalue weighted by molar-refractivity contribution is -0.0109. The van der Waals surface area contributed by atoms with Crippen LogP contribution in [0.3, 0.4) is 0 Å². The molecule has 0 radical (unpaired) electrons. The second kappa shape index (κ2) is 11.7. The maximum absolute atomic E-state index is 12.9. The summed E-state index contributed by atoms with van der Waals surface area (Å²) in [6.07, 6.45) is -0.921. The molecule has 3 rings (SSSR count). The van der Waals surface area contributed by atoms with Gasteiger partial charge in [-0.05, 0) is 45.7 Å². The van der Waals surface area contributed by atoms with Crippen LogP contribution in [-0.4, -0.2) is 57.4 Å². The van der Waals surface area contributed by atoms with Crippen LogP contribution < -0.4 is 5.56 Å². The van der Waals surface area contributed by atoms with E-state index in [0.29, 0.717) is 46.1 Å². The fourth-order valence-corrected chi connectivity index (χ4v) is 4.70. The Hall–Kier alpha value is -2.59. The number of nitrogens with zero attached hydrogens (tertiary/aromatic N) is 2. The van der Waals surface area contributed by atoms with Gasteiger partial charge in [0.15, 0.2) is 0 Å². The number of aliphatic hydroxyl groups excluding tert-OH is 1. The van der Waals surface area contributed by atoms with Gasteiger partial charge in [0.1, 0.15) is 15.5 Å². The number of nitrogens with one attached hydrogen (secondary N) is 1. The fraction of sp³-hybridized carbons (Fsp3) is 0.480. The van der Waals surface area contributed by atoms with E-state index in [1.165, 1.54) is 11.3 Å². The zero-order valence-electron chi connectivity index (χ0n) is 20.3. The standard InChI is InChI=1S/C25H33N3O5S/c1-15(2)32-14-19(29)12-28(11-18-9-7-6-8-10-18)13-20-26-23(30)21-17(5)22(34-24(21)27-20)25(31)33-16(3)4/h6-10,15-16,19,29H,11-14H2,1-5H3,(H,26,27,30)/t19-/m0/s1. The van der Waals surface area contributed by atoms with Gasteiger partial charge in [-0.1, -0.05) is 30.3 Å². The summed E-state index contributed by atoms with van der Waals surface area (Å²) in [6, 6.07) is 9.90. The van der Waals surface area contributed by atoms with Crippen molar-refractivity contribution >= 4 is 27.5 Å². The van der Waals surface area contributed by atoms with Crippen molar-refractivity contribution in [3.05, 3.63) is 62.5 Å². The molecule has 2 N–H and O–H groups in total. The summed E-state index contributed by atoms with van der Waals surface area (Å²) in [6.45, 7) is 10.6. The molecule has 0 aliphatic carbocycles. The first kappa shape index (κ1) is 26.0. The van der Waals surface area contributed by atoms with Crippen LogP contribution >= 0.6 is 11.3 Å². The van der Waals surface area contributed by atoms with Gasteiger partial charge < -0.3 is 19.6 Å². The number of esters is 1. The third-order valence-corrected chi connectivity index (χ3v) is 6.26. The van der Waals surface area contributed by atoms with Crippen LogP contribution in [0, 0.1) is 6.92 Å². The molecule has 2 aromatic heterocycles. The summed E-state index contributed by atoms with van der Waals surface area (Å²) in [5.74, 6) is 0.0193. The topological polar surface area (TPSA) is 105 Å². The van der Waals surface area contributed by atoms with E-state index in [-0.39, 0.29) is 24.4 Å². The molecular weight excluding hydrogens is 454 g/mol. The molecule has 0 amide bonds. The third kappa shape index (κ3) is 6.96. The number of benzene rings is 1. The van der Waals surface area contributed by atoms with Crippen LogP contribution in [0.2, 0.25) is 0 Å². The van der Waals surface area contributed by atoms with E-state index >= 15 is 0 Å². The summed E-state index contributed by atoms with van der Waals surface area (Å²) >= 11 is 1.17. The molecule has 0 bridgehead atoms. The number of rotatable bonds is 11. The molecule has 184 valence electrons. The number of aromatic nitrogens is 2. The quantitative estimate of drug-likeness (QED) is 0.398. The van der Waals surface area contributed by atoms with Gasteiger partial charge in [0.25, 0.3) is 5.56 Å². The van der Waals surface area contributed by atoms with E-state index < -0.39 is 12.1 Å². The van der Waals surface area contributed by atoms with Gasteiger partial charge in [0.05, 0.1) is 36.8 Å². The lowest BCUT2D eigenvalue weighted by atomic mass is 10.2. The highest BCUT2D eigenvalue weighted by Gasteiger charge is 2.22. The Morgan fingerprint density at radius 2 is 1.85 bits per heavy atom. The smallest absolute Gasteiger partial charge is 0.348 e. The second-order valence-corrected chi connectivity index (χ2v) is 9.89. The van der Waals surface area contributed by atoms with E-state index in [1.54, 1.807) is 20.8 Å². The molecule has 9 heteroatoms. The van der Waals surface area contributed by atoms with Crippen molar-refractivity contribution < 1.29 is 19.4 Å². The van der Waals surface area contributed by atoms with E-state index in [2.05, 4.69) is 9.97 Å². The molecule has 1 aromatic carbocycles. The lowest BCUT2D eigenvalue weighted by Gasteiger charge is -2.25. The van der Waals surface area contributed by atoms with E-state index in [4.69, 9.17) is 9.47 Å². The number of aromatic amines is 1. The first-order valence-electron chi connectivity index (χ1n) is 11.4. The van der Waals surface area contributed by atoms with Gasteiger partial charge in [-0.2, -0.15) is 0 Å². The Morgan fingerprint density at radius 3 is 2.50 bits per heavy atom. The molecule has 0 saturated carbocycles. The fourth-order valence-electron chi connectivity index (χ4n) is 3.62. The van der Waals surface area contributed by atoms with Crippen LogP contribution in [-0.2, 0) is 22.6 Å². The molecule has 0 aliphatic rings. The number of hydrogen-bond donors (Lipinski definition) is 2. The first-order valence-corrected chi connectivity index (χ1v) is 12.2. The van der Waals surface area contributed by atoms with Gasteiger partial charge in [0.2, 0.25) is 0 Å². The molecule has 0 unspecified atom stereocenters. The number of ether oxygens (including phenoxy) is 2. The summed E-state index contributed by atoms with van der Waals surface area (Å²) in [7, 11) is 0. The maximum Gasteiger partial charge on any atom is 0.348 e. The van der Waals surface area contributed by atoms with Crippen LogP contribution in [0.5, 0.6) is 0 Å². The predicted molar refractivity (Wildman–Crippen MR) is 133 cm³/mol. The number of H-pyrrole nitrogens is 1. The molecule has 2 heterocycles. The average Bonchev–Trinajstić information content (AvgIpc) is 3.09. The van der Waals surface area contributed by atoms with Crippen molar-refractivity contribution in [2.45, 2.75) is 66.0 Å².